The van der Waals surface area contributed by atoms with Gasteiger partial charge in [-0.25, -0.2) is 0 Å². The van der Waals surface area contributed by atoms with Crippen LogP contribution in [0.15, 0.2) is 49.3 Å². The van der Waals surface area contributed by atoms with Crippen LogP contribution in [0.25, 0.3) is 10.1 Å². The first-order valence-electron chi connectivity index (χ1n) is 5.12. The van der Waals surface area contributed by atoms with Crippen molar-refractivity contribution in [3.05, 3.63) is 56.2 Å². The molecule has 2 aromatic heterocycles. The lowest BCUT2D eigenvalue weighted by Crippen LogP contribution is -1.97. The minimum Gasteiger partial charge on any atom is -0.446 e. The molecule has 90 valence electrons. The van der Waals surface area contributed by atoms with Crippen molar-refractivity contribution in [2.45, 2.75) is 0 Å². The van der Waals surface area contributed by atoms with Gasteiger partial charge in [0.2, 0.25) is 5.78 Å². The van der Waals surface area contributed by atoms with Crippen molar-refractivity contribution in [1.82, 2.24) is 0 Å². The molecule has 0 radical (unpaired) electrons. The van der Waals surface area contributed by atoms with Crippen molar-refractivity contribution in [2.75, 3.05) is 0 Å². The maximum Gasteiger partial charge on any atom is 0.229 e. The van der Waals surface area contributed by atoms with Crippen molar-refractivity contribution in [3.8, 4) is 0 Å². The molecular formula is C13H6Br2O2S. The maximum absolute atomic E-state index is 12.3. The quantitative estimate of drug-likeness (QED) is 0.564. The van der Waals surface area contributed by atoms with Crippen molar-refractivity contribution in [3.63, 3.8) is 0 Å². The van der Waals surface area contributed by atoms with E-state index >= 15 is 0 Å². The highest BCUT2D eigenvalue weighted by atomic mass is 79.9. The molecule has 2 heterocycles. The number of fused-ring (bicyclic) bond motifs is 1. The molecule has 0 amide bonds. The number of ketones is 1. The molecular weight excluding hydrogens is 380 g/mol. The topological polar surface area (TPSA) is 30.2 Å². The first kappa shape index (κ1) is 12.1. The van der Waals surface area contributed by atoms with Crippen LogP contribution >= 0.6 is 43.2 Å². The van der Waals surface area contributed by atoms with Gasteiger partial charge in [-0.3, -0.25) is 4.79 Å². The normalized spacial score (nSPS) is 11.0. The molecule has 0 atom stereocenters. The summed E-state index contributed by atoms with van der Waals surface area (Å²) in [6.45, 7) is 0. The van der Waals surface area contributed by atoms with Gasteiger partial charge in [-0.05, 0) is 50.1 Å². The summed E-state index contributed by atoms with van der Waals surface area (Å²) in [5, 5.41) is 2.82. The summed E-state index contributed by atoms with van der Waals surface area (Å²) < 4.78 is 7.95. The Bertz CT molecular complexity index is 742. The molecule has 0 spiro atoms. The SMILES string of the molecule is O=C(c1ccc(Br)o1)c1csc2c(Br)cccc12. The van der Waals surface area contributed by atoms with Gasteiger partial charge in [-0.2, -0.15) is 0 Å². The van der Waals surface area contributed by atoms with Crippen molar-refractivity contribution >= 4 is 59.1 Å². The molecule has 0 bridgehead atoms. The smallest absolute Gasteiger partial charge is 0.229 e. The lowest BCUT2D eigenvalue weighted by atomic mass is 10.1. The van der Waals surface area contributed by atoms with Gasteiger partial charge in [-0.1, -0.05) is 12.1 Å². The van der Waals surface area contributed by atoms with E-state index < -0.39 is 0 Å². The van der Waals surface area contributed by atoms with Gasteiger partial charge >= 0.3 is 0 Å². The number of furan rings is 1. The molecule has 0 unspecified atom stereocenters. The molecule has 3 aromatic rings. The summed E-state index contributed by atoms with van der Waals surface area (Å²) in [4.78, 5) is 12.3. The number of thiophene rings is 1. The second-order valence-electron chi connectivity index (χ2n) is 3.70. The van der Waals surface area contributed by atoms with Crippen LogP contribution in [0.1, 0.15) is 16.1 Å². The molecule has 5 heteroatoms. The van der Waals surface area contributed by atoms with Crippen LogP contribution in [-0.2, 0) is 0 Å². The van der Waals surface area contributed by atoms with Gasteiger partial charge < -0.3 is 4.42 Å². The summed E-state index contributed by atoms with van der Waals surface area (Å²) >= 11 is 8.24. The third-order valence-corrected chi connectivity index (χ3v) is 4.97. The van der Waals surface area contributed by atoms with Crippen LogP contribution < -0.4 is 0 Å². The summed E-state index contributed by atoms with van der Waals surface area (Å²) in [5.41, 5.74) is 0.679. The van der Waals surface area contributed by atoms with E-state index in [9.17, 15) is 4.79 Å². The lowest BCUT2D eigenvalue weighted by molar-refractivity contribution is 0.101. The monoisotopic (exact) mass is 384 g/mol. The third-order valence-electron chi connectivity index (χ3n) is 2.59. The van der Waals surface area contributed by atoms with E-state index in [-0.39, 0.29) is 5.78 Å². The first-order chi connectivity index (χ1) is 8.66. The maximum atomic E-state index is 12.3. The van der Waals surface area contributed by atoms with E-state index in [0.29, 0.717) is 16.0 Å². The van der Waals surface area contributed by atoms with Crippen molar-refractivity contribution in [1.29, 1.82) is 0 Å². The minimum atomic E-state index is -0.0925. The van der Waals surface area contributed by atoms with E-state index in [4.69, 9.17) is 4.42 Å². The van der Waals surface area contributed by atoms with Gasteiger partial charge in [0.05, 0.1) is 0 Å². The Labute approximate surface area is 124 Å². The highest BCUT2D eigenvalue weighted by molar-refractivity contribution is 9.10. The number of benzene rings is 1. The molecule has 18 heavy (non-hydrogen) atoms. The molecule has 0 N–H and O–H groups in total. The Balaban J connectivity index is 2.15. The highest BCUT2D eigenvalue weighted by Gasteiger charge is 2.18. The zero-order chi connectivity index (χ0) is 12.7. The van der Waals surface area contributed by atoms with Crippen molar-refractivity contribution in [2.24, 2.45) is 0 Å². The Hall–Kier alpha value is -0.910. The number of rotatable bonds is 2. The second-order valence-corrected chi connectivity index (χ2v) is 6.21. The zero-order valence-electron chi connectivity index (χ0n) is 8.94. The molecule has 2 nitrogen and oxygen atoms in total. The van der Waals surface area contributed by atoms with Crippen molar-refractivity contribution < 1.29 is 9.21 Å². The van der Waals surface area contributed by atoms with Crippen LogP contribution in [0, 0.1) is 0 Å². The summed E-state index contributed by atoms with van der Waals surface area (Å²) in [5.74, 6) is 0.256. The highest BCUT2D eigenvalue weighted by Crippen LogP contribution is 2.33. The van der Waals surface area contributed by atoms with E-state index in [1.54, 1.807) is 23.5 Å². The Morgan fingerprint density at radius 3 is 2.72 bits per heavy atom. The van der Waals surface area contributed by atoms with E-state index in [1.165, 1.54) is 0 Å². The Morgan fingerprint density at radius 1 is 1.17 bits per heavy atom. The fraction of sp³-hybridized carbons (Fsp3) is 0. The molecule has 0 aliphatic rings. The summed E-state index contributed by atoms with van der Waals surface area (Å²) in [6, 6.07) is 9.23. The molecule has 0 aliphatic carbocycles. The predicted molar refractivity (Wildman–Crippen MR) is 79.4 cm³/mol. The van der Waals surface area contributed by atoms with Crippen LogP contribution in [0.3, 0.4) is 0 Å². The predicted octanol–water partition coefficient (Wildman–Crippen LogP) is 5.25. The summed E-state index contributed by atoms with van der Waals surface area (Å²) in [7, 11) is 0. The number of carbonyl (C=O) groups excluding carboxylic acids is 1. The molecule has 0 saturated carbocycles. The minimum absolute atomic E-state index is 0.0925. The van der Waals surface area contributed by atoms with Crippen LogP contribution in [0.4, 0.5) is 0 Å². The van der Waals surface area contributed by atoms with E-state index in [0.717, 1.165) is 14.6 Å². The molecule has 1 aromatic carbocycles. The largest absolute Gasteiger partial charge is 0.446 e. The fourth-order valence-corrected chi connectivity index (χ4v) is 3.68. The van der Waals surface area contributed by atoms with Crippen LogP contribution in [0.2, 0.25) is 0 Å². The second kappa shape index (κ2) is 4.64. The summed E-state index contributed by atoms with van der Waals surface area (Å²) in [6.07, 6.45) is 0. The fourth-order valence-electron chi connectivity index (χ4n) is 1.77. The van der Waals surface area contributed by atoms with Gasteiger partial charge in [-0.15, -0.1) is 11.3 Å². The molecule has 0 fully saturated rings. The van der Waals surface area contributed by atoms with E-state index in [2.05, 4.69) is 31.9 Å². The third kappa shape index (κ3) is 1.96. The number of hydrogen-bond acceptors (Lipinski definition) is 3. The average Bonchev–Trinajstić information content (AvgIpc) is 2.95. The zero-order valence-corrected chi connectivity index (χ0v) is 12.9. The molecule has 3 rings (SSSR count). The number of carbonyl (C=O) groups is 1. The first-order valence-corrected chi connectivity index (χ1v) is 7.59. The Kier molecular flexibility index (Phi) is 3.13. The molecule has 0 aliphatic heterocycles. The number of halogens is 2. The van der Waals surface area contributed by atoms with Crippen LogP contribution in [-0.4, -0.2) is 5.78 Å². The number of hydrogen-bond donors (Lipinski definition) is 0. The Morgan fingerprint density at radius 2 is 2.00 bits per heavy atom. The average molecular weight is 386 g/mol. The van der Waals surface area contributed by atoms with Crippen LogP contribution in [0.5, 0.6) is 0 Å². The van der Waals surface area contributed by atoms with Gasteiger partial charge in [0, 0.05) is 25.5 Å². The molecule has 0 saturated heterocycles. The standard InChI is InChI=1S/C13H6Br2O2S/c14-9-3-1-2-7-8(6-18-13(7)9)12(16)10-4-5-11(15)17-10/h1-6H. The lowest BCUT2D eigenvalue weighted by Gasteiger charge is -1.97. The van der Waals surface area contributed by atoms with Gasteiger partial charge in [0.1, 0.15) is 0 Å². The van der Waals surface area contributed by atoms with E-state index in [1.807, 2.05) is 23.6 Å². The van der Waals surface area contributed by atoms with Gasteiger partial charge in [0.25, 0.3) is 0 Å². The van der Waals surface area contributed by atoms with Gasteiger partial charge in [0.15, 0.2) is 10.4 Å².